The third-order valence-corrected chi connectivity index (χ3v) is 4.11. The van der Waals surface area contributed by atoms with Crippen LogP contribution in [0.25, 0.3) is 16.9 Å². The quantitative estimate of drug-likeness (QED) is 0.770. The minimum Gasteiger partial charge on any atom is -0.477 e. The monoisotopic (exact) mass is 322 g/mol. The minimum absolute atomic E-state index is 0.00884. The van der Waals surface area contributed by atoms with Crippen LogP contribution < -0.4 is 5.32 Å². The molecular formula is C17H14N4O3. The molecule has 0 unspecified atom stereocenters. The molecule has 3 heterocycles. The van der Waals surface area contributed by atoms with E-state index < -0.39 is 5.97 Å². The summed E-state index contributed by atoms with van der Waals surface area (Å²) >= 11 is 0. The molecule has 3 aromatic rings. The van der Waals surface area contributed by atoms with Gasteiger partial charge in [-0.2, -0.15) is 5.10 Å². The van der Waals surface area contributed by atoms with E-state index in [0.717, 1.165) is 22.5 Å². The van der Waals surface area contributed by atoms with Gasteiger partial charge in [-0.25, -0.2) is 14.3 Å². The highest BCUT2D eigenvalue weighted by molar-refractivity contribution is 5.99. The number of hydrogen-bond donors (Lipinski definition) is 2. The first-order chi connectivity index (χ1) is 11.5. The number of hydrogen-bond acceptors (Lipinski definition) is 4. The number of carbonyl (C=O) groups excluding carboxylic acids is 1. The zero-order valence-corrected chi connectivity index (χ0v) is 12.9. The van der Waals surface area contributed by atoms with Crippen LogP contribution in [0.1, 0.15) is 28.7 Å². The van der Waals surface area contributed by atoms with Crippen LogP contribution in [0.15, 0.2) is 30.3 Å². The zero-order chi connectivity index (χ0) is 16.8. The number of benzene rings is 1. The van der Waals surface area contributed by atoms with E-state index in [9.17, 15) is 14.7 Å². The Morgan fingerprint density at radius 2 is 2.17 bits per heavy atom. The van der Waals surface area contributed by atoms with Gasteiger partial charge < -0.3 is 10.4 Å². The number of carboxylic acid groups (broad SMARTS) is 1. The maximum atomic E-state index is 11.5. The van der Waals surface area contributed by atoms with Gasteiger partial charge in [-0.15, -0.1) is 0 Å². The molecule has 0 saturated carbocycles. The van der Waals surface area contributed by atoms with Crippen molar-refractivity contribution in [3.05, 3.63) is 47.3 Å². The first-order valence-corrected chi connectivity index (χ1v) is 7.61. The third-order valence-electron chi connectivity index (χ3n) is 4.11. The molecule has 0 atom stereocenters. The van der Waals surface area contributed by atoms with Crippen molar-refractivity contribution in [3.8, 4) is 11.3 Å². The molecule has 0 spiro atoms. The number of nitrogens with zero attached hydrogens (tertiary/aromatic N) is 3. The molecule has 1 aliphatic heterocycles. The molecule has 0 fully saturated rings. The number of rotatable bonds is 3. The highest BCUT2D eigenvalue weighted by Gasteiger charge is 2.19. The number of carbonyl (C=O) groups is 2. The Labute approximate surface area is 137 Å². The van der Waals surface area contributed by atoms with Gasteiger partial charge in [-0.1, -0.05) is 13.0 Å². The standard InChI is InChI=1S/C17H14N4O3/c1-2-11-7-14(17(23)24)18-15-8-13(20-21(11)15)9-3-4-12-10(5-9)6-16(22)19-12/h3-5,7-8H,2,6H2,1H3,(H,19,22)(H,23,24). The lowest BCUT2D eigenvalue weighted by Crippen LogP contribution is -2.06. The van der Waals surface area contributed by atoms with E-state index in [4.69, 9.17) is 0 Å². The van der Waals surface area contributed by atoms with E-state index in [1.165, 1.54) is 6.07 Å². The van der Waals surface area contributed by atoms with Crippen molar-refractivity contribution in [2.75, 3.05) is 5.32 Å². The number of anilines is 1. The molecule has 4 rings (SSSR count). The number of aryl methyl sites for hydroxylation is 1. The second kappa shape index (κ2) is 5.16. The lowest BCUT2D eigenvalue weighted by atomic mass is 10.1. The van der Waals surface area contributed by atoms with Crippen molar-refractivity contribution in [3.63, 3.8) is 0 Å². The van der Waals surface area contributed by atoms with Crippen molar-refractivity contribution < 1.29 is 14.7 Å². The fourth-order valence-corrected chi connectivity index (χ4v) is 2.93. The third kappa shape index (κ3) is 2.21. The molecule has 2 N–H and O–H groups in total. The number of aromatic carboxylic acids is 1. The molecule has 1 aromatic carbocycles. The van der Waals surface area contributed by atoms with Gasteiger partial charge in [-0.3, -0.25) is 4.79 Å². The number of nitrogens with one attached hydrogen (secondary N) is 1. The lowest BCUT2D eigenvalue weighted by Gasteiger charge is -2.03. The summed E-state index contributed by atoms with van der Waals surface area (Å²) in [5, 5.41) is 16.5. The van der Waals surface area contributed by atoms with Crippen LogP contribution in [0.4, 0.5) is 5.69 Å². The van der Waals surface area contributed by atoms with E-state index >= 15 is 0 Å². The first-order valence-electron chi connectivity index (χ1n) is 7.61. The summed E-state index contributed by atoms with van der Waals surface area (Å²) in [4.78, 5) is 26.8. The molecule has 7 heteroatoms. The van der Waals surface area contributed by atoms with E-state index in [2.05, 4.69) is 15.4 Å². The predicted molar refractivity (Wildman–Crippen MR) is 87.1 cm³/mol. The Morgan fingerprint density at radius 3 is 2.92 bits per heavy atom. The van der Waals surface area contributed by atoms with Gasteiger partial charge in [0.05, 0.1) is 12.1 Å². The van der Waals surface area contributed by atoms with Crippen LogP contribution in [-0.2, 0) is 17.6 Å². The second-order valence-electron chi connectivity index (χ2n) is 5.69. The van der Waals surface area contributed by atoms with E-state index in [0.29, 0.717) is 24.2 Å². The van der Waals surface area contributed by atoms with Crippen LogP contribution in [0, 0.1) is 0 Å². The summed E-state index contributed by atoms with van der Waals surface area (Å²) in [6.07, 6.45) is 1.00. The largest absolute Gasteiger partial charge is 0.477 e. The summed E-state index contributed by atoms with van der Waals surface area (Å²) in [6.45, 7) is 1.94. The Bertz CT molecular complexity index is 1010. The Morgan fingerprint density at radius 1 is 1.33 bits per heavy atom. The van der Waals surface area contributed by atoms with E-state index in [1.54, 1.807) is 10.6 Å². The molecule has 120 valence electrons. The number of fused-ring (bicyclic) bond motifs is 2. The van der Waals surface area contributed by atoms with Crippen LogP contribution >= 0.6 is 0 Å². The topological polar surface area (TPSA) is 96.6 Å². The molecule has 2 aromatic heterocycles. The molecule has 0 aliphatic carbocycles. The van der Waals surface area contributed by atoms with Crippen LogP contribution in [0.5, 0.6) is 0 Å². The highest BCUT2D eigenvalue weighted by Crippen LogP contribution is 2.29. The fraction of sp³-hybridized carbons (Fsp3) is 0.176. The van der Waals surface area contributed by atoms with Gasteiger partial charge in [0.1, 0.15) is 0 Å². The normalized spacial score (nSPS) is 13.1. The highest BCUT2D eigenvalue weighted by atomic mass is 16.4. The van der Waals surface area contributed by atoms with Crippen LogP contribution in [0.2, 0.25) is 0 Å². The molecule has 24 heavy (non-hydrogen) atoms. The van der Waals surface area contributed by atoms with Crippen molar-refractivity contribution in [1.29, 1.82) is 0 Å². The predicted octanol–water partition coefficient (Wildman–Crippen LogP) is 2.15. The molecular weight excluding hydrogens is 308 g/mol. The average Bonchev–Trinajstić information content (AvgIpc) is 3.14. The minimum atomic E-state index is -1.06. The molecule has 7 nitrogen and oxygen atoms in total. The second-order valence-corrected chi connectivity index (χ2v) is 5.69. The average molecular weight is 322 g/mol. The van der Waals surface area contributed by atoms with Crippen molar-refractivity contribution in [2.24, 2.45) is 0 Å². The number of carboxylic acids is 1. The summed E-state index contributed by atoms with van der Waals surface area (Å²) in [5.74, 6) is -1.07. The van der Waals surface area contributed by atoms with Gasteiger partial charge in [-0.05, 0) is 30.2 Å². The summed E-state index contributed by atoms with van der Waals surface area (Å²) in [6, 6.07) is 8.97. The van der Waals surface area contributed by atoms with E-state index in [1.807, 2.05) is 25.1 Å². The van der Waals surface area contributed by atoms with Gasteiger partial charge in [0, 0.05) is 23.0 Å². The molecule has 0 bridgehead atoms. The summed E-state index contributed by atoms with van der Waals surface area (Å²) < 4.78 is 1.67. The molecule has 1 aliphatic rings. The number of aromatic nitrogens is 3. The van der Waals surface area contributed by atoms with Crippen LogP contribution in [0.3, 0.4) is 0 Å². The van der Waals surface area contributed by atoms with Gasteiger partial charge in [0.2, 0.25) is 5.91 Å². The lowest BCUT2D eigenvalue weighted by molar-refractivity contribution is -0.115. The first kappa shape index (κ1) is 14.4. The fourth-order valence-electron chi connectivity index (χ4n) is 2.93. The maximum Gasteiger partial charge on any atom is 0.354 e. The van der Waals surface area contributed by atoms with Crippen LogP contribution in [-0.4, -0.2) is 31.6 Å². The smallest absolute Gasteiger partial charge is 0.354 e. The van der Waals surface area contributed by atoms with Crippen molar-refractivity contribution in [1.82, 2.24) is 14.6 Å². The maximum absolute atomic E-state index is 11.5. The zero-order valence-electron chi connectivity index (χ0n) is 12.9. The Kier molecular flexibility index (Phi) is 3.09. The Balaban J connectivity index is 1.85. The summed E-state index contributed by atoms with van der Waals surface area (Å²) in [5.41, 5.74) is 4.61. The van der Waals surface area contributed by atoms with Crippen molar-refractivity contribution >= 4 is 23.2 Å². The molecule has 1 amide bonds. The Hall–Kier alpha value is -3.22. The SMILES string of the molecule is CCc1cc(C(=O)O)nc2cc(-c3ccc4c(c3)CC(=O)N4)nn12. The van der Waals surface area contributed by atoms with Crippen molar-refractivity contribution in [2.45, 2.75) is 19.8 Å². The van der Waals surface area contributed by atoms with Gasteiger partial charge >= 0.3 is 5.97 Å². The van der Waals surface area contributed by atoms with E-state index in [-0.39, 0.29) is 11.6 Å². The van der Waals surface area contributed by atoms with Gasteiger partial charge in [0.15, 0.2) is 11.3 Å². The molecule has 0 saturated heterocycles. The van der Waals surface area contributed by atoms with Gasteiger partial charge in [0.25, 0.3) is 0 Å². The molecule has 0 radical (unpaired) electrons. The number of amides is 1. The summed E-state index contributed by atoms with van der Waals surface area (Å²) in [7, 11) is 0.